The molecule has 0 aliphatic heterocycles. The second-order valence-electron chi connectivity index (χ2n) is 6.70. The minimum Gasteiger partial charge on any atom is -0.307 e. The molecular formula is C16H25NS. The highest BCUT2D eigenvalue weighted by atomic mass is 32.1. The Balaban J connectivity index is 1.74. The van der Waals surface area contributed by atoms with Crippen molar-refractivity contribution in [3.8, 4) is 0 Å². The van der Waals surface area contributed by atoms with Crippen LogP contribution in [-0.2, 0) is 6.42 Å². The van der Waals surface area contributed by atoms with E-state index in [0.29, 0.717) is 17.5 Å². The van der Waals surface area contributed by atoms with Crippen molar-refractivity contribution >= 4 is 11.3 Å². The average molecular weight is 263 g/mol. The highest BCUT2D eigenvalue weighted by Crippen LogP contribution is 2.39. The van der Waals surface area contributed by atoms with Gasteiger partial charge in [-0.1, -0.05) is 26.7 Å². The summed E-state index contributed by atoms with van der Waals surface area (Å²) in [7, 11) is 0. The van der Waals surface area contributed by atoms with Gasteiger partial charge in [0, 0.05) is 17.0 Å². The molecule has 2 unspecified atom stereocenters. The first-order valence-electron chi connectivity index (χ1n) is 7.49. The zero-order valence-electron chi connectivity index (χ0n) is 11.7. The Bertz CT molecular complexity index is 407. The van der Waals surface area contributed by atoms with E-state index >= 15 is 0 Å². The van der Waals surface area contributed by atoms with E-state index in [1.54, 1.807) is 10.4 Å². The summed E-state index contributed by atoms with van der Waals surface area (Å²) in [5, 5.41) is 6.27. The van der Waals surface area contributed by atoms with E-state index in [1.807, 2.05) is 11.3 Å². The van der Waals surface area contributed by atoms with Gasteiger partial charge in [-0.05, 0) is 54.5 Å². The minimum absolute atomic E-state index is 0.478. The first kappa shape index (κ1) is 12.7. The van der Waals surface area contributed by atoms with Gasteiger partial charge in [-0.25, -0.2) is 0 Å². The van der Waals surface area contributed by atoms with Gasteiger partial charge in [-0.2, -0.15) is 0 Å². The van der Waals surface area contributed by atoms with Crippen LogP contribution in [0.1, 0.15) is 68.9 Å². The lowest BCUT2D eigenvalue weighted by Crippen LogP contribution is -2.46. The van der Waals surface area contributed by atoms with E-state index in [-0.39, 0.29) is 0 Å². The normalized spacial score (nSPS) is 31.0. The molecule has 0 spiro atoms. The lowest BCUT2D eigenvalue weighted by Gasteiger charge is -2.42. The monoisotopic (exact) mass is 263 g/mol. The standard InChI is InChI=1S/C16H25NS/c1-16(2)10-4-3-8-15(16)17-13-6-5-7-14-12(13)9-11-18-14/h9,11,13,15,17H,3-8,10H2,1-2H3. The Labute approximate surface area is 115 Å². The molecule has 1 nitrogen and oxygen atoms in total. The predicted octanol–water partition coefficient (Wildman–Crippen LogP) is 4.68. The number of fused-ring (bicyclic) bond motifs is 1. The summed E-state index contributed by atoms with van der Waals surface area (Å²) >= 11 is 1.95. The Hall–Kier alpha value is -0.340. The summed E-state index contributed by atoms with van der Waals surface area (Å²) in [6.45, 7) is 4.89. The van der Waals surface area contributed by atoms with Crippen molar-refractivity contribution in [3.63, 3.8) is 0 Å². The maximum absolute atomic E-state index is 4.00. The van der Waals surface area contributed by atoms with Gasteiger partial charge in [0.15, 0.2) is 0 Å². The van der Waals surface area contributed by atoms with Crippen molar-refractivity contribution < 1.29 is 0 Å². The van der Waals surface area contributed by atoms with Crippen molar-refractivity contribution in [2.75, 3.05) is 0 Å². The number of aryl methyl sites for hydroxylation is 1. The van der Waals surface area contributed by atoms with E-state index in [4.69, 9.17) is 0 Å². The van der Waals surface area contributed by atoms with Gasteiger partial charge in [0.1, 0.15) is 0 Å². The molecule has 0 aromatic carbocycles. The molecule has 1 aromatic rings. The number of thiophene rings is 1. The van der Waals surface area contributed by atoms with Gasteiger partial charge >= 0.3 is 0 Å². The van der Waals surface area contributed by atoms with E-state index in [2.05, 4.69) is 30.6 Å². The van der Waals surface area contributed by atoms with Crippen molar-refractivity contribution in [1.82, 2.24) is 5.32 Å². The molecule has 1 saturated carbocycles. The smallest absolute Gasteiger partial charge is 0.0334 e. The summed E-state index contributed by atoms with van der Waals surface area (Å²) in [6, 6.07) is 3.69. The molecule has 2 aliphatic rings. The fraction of sp³-hybridized carbons (Fsp3) is 0.750. The van der Waals surface area contributed by atoms with Gasteiger partial charge in [-0.15, -0.1) is 11.3 Å². The predicted molar refractivity (Wildman–Crippen MR) is 79.2 cm³/mol. The van der Waals surface area contributed by atoms with Gasteiger partial charge in [0.05, 0.1) is 0 Å². The van der Waals surface area contributed by atoms with Crippen molar-refractivity contribution in [2.24, 2.45) is 5.41 Å². The second kappa shape index (κ2) is 4.97. The Morgan fingerprint density at radius 3 is 2.94 bits per heavy atom. The quantitative estimate of drug-likeness (QED) is 0.816. The molecule has 0 bridgehead atoms. The zero-order chi connectivity index (χ0) is 12.6. The van der Waals surface area contributed by atoms with E-state index < -0.39 is 0 Å². The molecule has 0 amide bonds. The number of hydrogen-bond acceptors (Lipinski definition) is 2. The fourth-order valence-corrected chi connectivity index (χ4v) is 4.69. The molecule has 3 rings (SSSR count). The maximum atomic E-state index is 4.00. The van der Waals surface area contributed by atoms with Crippen LogP contribution >= 0.6 is 11.3 Å². The number of nitrogens with one attached hydrogen (secondary N) is 1. The molecule has 2 atom stereocenters. The topological polar surface area (TPSA) is 12.0 Å². The van der Waals surface area contributed by atoms with Crippen LogP contribution in [0.5, 0.6) is 0 Å². The molecule has 1 heterocycles. The van der Waals surface area contributed by atoms with Crippen LogP contribution < -0.4 is 5.32 Å². The molecule has 1 N–H and O–H groups in total. The van der Waals surface area contributed by atoms with Crippen LogP contribution in [0.25, 0.3) is 0 Å². The van der Waals surface area contributed by atoms with Gasteiger partial charge < -0.3 is 5.32 Å². The lowest BCUT2D eigenvalue weighted by atomic mass is 9.72. The molecule has 0 saturated heterocycles. The van der Waals surface area contributed by atoms with Crippen LogP contribution in [0.3, 0.4) is 0 Å². The summed E-state index contributed by atoms with van der Waals surface area (Å²) in [5.74, 6) is 0. The lowest BCUT2D eigenvalue weighted by molar-refractivity contribution is 0.151. The van der Waals surface area contributed by atoms with Crippen LogP contribution in [0, 0.1) is 5.41 Å². The Morgan fingerprint density at radius 1 is 1.22 bits per heavy atom. The number of rotatable bonds is 2. The molecule has 0 radical (unpaired) electrons. The molecule has 1 aromatic heterocycles. The first-order chi connectivity index (χ1) is 8.67. The SMILES string of the molecule is CC1(C)CCCCC1NC1CCCc2sccc21. The first-order valence-corrected chi connectivity index (χ1v) is 8.37. The van der Waals surface area contributed by atoms with Gasteiger partial charge in [0.2, 0.25) is 0 Å². The summed E-state index contributed by atoms with van der Waals surface area (Å²) in [6.07, 6.45) is 9.56. The molecule has 2 aliphatic carbocycles. The molecular weight excluding hydrogens is 238 g/mol. The fourth-order valence-electron chi connectivity index (χ4n) is 3.71. The molecule has 18 heavy (non-hydrogen) atoms. The van der Waals surface area contributed by atoms with Gasteiger partial charge in [0.25, 0.3) is 0 Å². The third-order valence-electron chi connectivity index (χ3n) is 4.96. The van der Waals surface area contributed by atoms with E-state index in [1.165, 1.54) is 44.9 Å². The summed E-state index contributed by atoms with van der Waals surface area (Å²) in [5.41, 5.74) is 2.08. The zero-order valence-corrected chi connectivity index (χ0v) is 12.5. The summed E-state index contributed by atoms with van der Waals surface area (Å²) < 4.78 is 0. The highest BCUT2D eigenvalue weighted by molar-refractivity contribution is 7.10. The van der Waals surface area contributed by atoms with Crippen LogP contribution in [0.2, 0.25) is 0 Å². The van der Waals surface area contributed by atoms with Crippen LogP contribution in [0.15, 0.2) is 11.4 Å². The summed E-state index contributed by atoms with van der Waals surface area (Å²) in [4.78, 5) is 1.63. The third-order valence-corrected chi connectivity index (χ3v) is 5.96. The third kappa shape index (κ3) is 2.37. The number of hydrogen-bond donors (Lipinski definition) is 1. The highest BCUT2D eigenvalue weighted by Gasteiger charge is 2.34. The average Bonchev–Trinajstić information content (AvgIpc) is 2.81. The molecule has 100 valence electrons. The van der Waals surface area contributed by atoms with Crippen molar-refractivity contribution in [3.05, 3.63) is 21.9 Å². The maximum Gasteiger partial charge on any atom is 0.0334 e. The van der Waals surface area contributed by atoms with E-state index in [0.717, 1.165) is 0 Å². The molecule has 2 heteroatoms. The van der Waals surface area contributed by atoms with Crippen molar-refractivity contribution in [1.29, 1.82) is 0 Å². The van der Waals surface area contributed by atoms with Crippen molar-refractivity contribution in [2.45, 2.75) is 70.9 Å². The Kier molecular flexibility index (Phi) is 3.50. The second-order valence-corrected chi connectivity index (χ2v) is 7.70. The van der Waals surface area contributed by atoms with Crippen LogP contribution in [-0.4, -0.2) is 6.04 Å². The minimum atomic E-state index is 0.478. The van der Waals surface area contributed by atoms with E-state index in [9.17, 15) is 0 Å². The van der Waals surface area contributed by atoms with Crippen LogP contribution in [0.4, 0.5) is 0 Å². The Morgan fingerprint density at radius 2 is 2.11 bits per heavy atom. The largest absolute Gasteiger partial charge is 0.307 e. The van der Waals surface area contributed by atoms with Gasteiger partial charge in [-0.3, -0.25) is 0 Å². The molecule has 1 fully saturated rings.